The lowest BCUT2D eigenvalue weighted by atomic mass is 9.74. The summed E-state index contributed by atoms with van der Waals surface area (Å²) in [6, 6.07) is 9.31. The van der Waals surface area contributed by atoms with Crippen molar-refractivity contribution in [2.24, 2.45) is 5.92 Å². The van der Waals surface area contributed by atoms with Crippen LogP contribution in [0.15, 0.2) is 42.5 Å². The summed E-state index contributed by atoms with van der Waals surface area (Å²) in [4.78, 5) is 16.9. The standard InChI is InChI=1S/C28H31ClF2N2O2/c29-22-2-3-25-26(17-22)35-19-28(25)8-13-32(14-9-28)10-5-20-6-11-33(12-7-20)27(34)4-1-21-15-23(30)18-24(31)16-21/h1-4,15-18,20H,5-14,19H2/b4-1+. The lowest BCUT2D eigenvalue weighted by molar-refractivity contribution is -0.127. The van der Waals surface area contributed by atoms with Gasteiger partial charge in [-0.2, -0.15) is 0 Å². The maximum Gasteiger partial charge on any atom is 0.246 e. The van der Waals surface area contributed by atoms with E-state index in [4.69, 9.17) is 16.3 Å². The van der Waals surface area contributed by atoms with Crippen molar-refractivity contribution in [1.29, 1.82) is 0 Å². The van der Waals surface area contributed by atoms with Crippen molar-refractivity contribution in [1.82, 2.24) is 9.80 Å². The lowest BCUT2D eigenvalue weighted by Gasteiger charge is -2.39. The molecule has 0 N–H and O–H groups in total. The predicted molar refractivity (Wildman–Crippen MR) is 134 cm³/mol. The Morgan fingerprint density at radius 1 is 1.06 bits per heavy atom. The molecule has 3 heterocycles. The van der Waals surface area contributed by atoms with Crippen molar-refractivity contribution in [3.05, 3.63) is 70.3 Å². The lowest BCUT2D eigenvalue weighted by Crippen LogP contribution is -2.44. The quantitative estimate of drug-likeness (QED) is 0.495. The van der Waals surface area contributed by atoms with Crippen molar-refractivity contribution < 1.29 is 18.3 Å². The van der Waals surface area contributed by atoms with Gasteiger partial charge in [0.25, 0.3) is 0 Å². The van der Waals surface area contributed by atoms with Crippen molar-refractivity contribution in [3.8, 4) is 5.75 Å². The van der Waals surface area contributed by atoms with Gasteiger partial charge in [0, 0.05) is 41.2 Å². The van der Waals surface area contributed by atoms with Gasteiger partial charge in [-0.25, -0.2) is 8.78 Å². The van der Waals surface area contributed by atoms with Crippen LogP contribution in [0.4, 0.5) is 8.78 Å². The molecule has 35 heavy (non-hydrogen) atoms. The summed E-state index contributed by atoms with van der Waals surface area (Å²) in [5, 5.41) is 0.726. The van der Waals surface area contributed by atoms with Crippen LogP contribution in [-0.2, 0) is 10.2 Å². The molecule has 7 heteroatoms. The SMILES string of the molecule is O=C(/C=C/c1cc(F)cc(F)c1)N1CCC(CCN2CCC3(CC2)COc2cc(Cl)ccc23)CC1. The number of benzene rings is 2. The van der Waals surface area contributed by atoms with Crippen molar-refractivity contribution in [2.45, 2.75) is 37.5 Å². The molecule has 2 saturated heterocycles. The summed E-state index contributed by atoms with van der Waals surface area (Å²) in [6.45, 7) is 5.46. The second kappa shape index (κ2) is 10.3. The van der Waals surface area contributed by atoms with E-state index < -0.39 is 11.6 Å². The Kier molecular flexibility index (Phi) is 7.12. The molecule has 0 aromatic heterocycles. The second-order valence-corrected chi connectivity index (χ2v) is 10.6. The van der Waals surface area contributed by atoms with Crippen molar-refractivity contribution >= 4 is 23.6 Å². The predicted octanol–water partition coefficient (Wildman–Crippen LogP) is 5.69. The molecular formula is C28H31ClF2N2O2. The molecule has 186 valence electrons. The summed E-state index contributed by atoms with van der Waals surface area (Å²) >= 11 is 6.13. The van der Waals surface area contributed by atoms with E-state index in [9.17, 15) is 13.6 Å². The van der Waals surface area contributed by atoms with Crippen LogP contribution in [0.25, 0.3) is 6.08 Å². The fourth-order valence-corrected chi connectivity index (χ4v) is 5.88. The van der Waals surface area contributed by atoms with Gasteiger partial charge in [0.2, 0.25) is 5.91 Å². The number of amides is 1. The zero-order valence-electron chi connectivity index (χ0n) is 19.8. The molecule has 3 aliphatic heterocycles. The number of hydrogen-bond acceptors (Lipinski definition) is 3. The van der Waals surface area contributed by atoms with E-state index in [1.54, 1.807) is 0 Å². The summed E-state index contributed by atoms with van der Waals surface area (Å²) in [7, 11) is 0. The van der Waals surface area contributed by atoms with Crippen LogP contribution in [0.1, 0.15) is 43.2 Å². The topological polar surface area (TPSA) is 32.8 Å². The fraction of sp³-hybridized carbons (Fsp3) is 0.464. The Hall–Kier alpha value is -2.44. The Balaban J connectivity index is 1.05. The van der Waals surface area contributed by atoms with Crippen molar-refractivity contribution in [3.63, 3.8) is 0 Å². The van der Waals surface area contributed by atoms with Crippen LogP contribution in [0, 0.1) is 17.6 Å². The molecule has 5 rings (SSSR count). The van der Waals surface area contributed by atoms with E-state index in [1.807, 2.05) is 17.0 Å². The van der Waals surface area contributed by atoms with Crippen LogP contribution in [-0.4, -0.2) is 55.0 Å². The first-order chi connectivity index (χ1) is 16.9. The van der Waals surface area contributed by atoms with Crippen LogP contribution in [0.2, 0.25) is 5.02 Å². The fourth-order valence-electron chi connectivity index (χ4n) is 5.72. The molecule has 0 atom stereocenters. The molecule has 1 spiro atoms. The first-order valence-electron chi connectivity index (χ1n) is 12.5. The van der Waals surface area contributed by atoms with Gasteiger partial charge < -0.3 is 14.5 Å². The number of nitrogens with zero attached hydrogens (tertiary/aromatic N) is 2. The number of carbonyl (C=O) groups excluding carboxylic acids is 1. The van der Waals surface area contributed by atoms with E-state index in [1.165, 1.54) is 29.8 Å². The average molecular weight is 501 g/mol. The van der Waals surface area contributed by atoms with Gasteiger partial charge in [-0.15, -0.1) is 0 Å². The van der Waals surface area contributed by atoms with Crippen LogP contribution in [0.5, 0.6) is 5.75 Å². The van der Waals surface area contributed by atoms with Gasteiger partial charge in [-0.1, -0.05) is 17.7 Å². The minimum absolute atomic E-state index is 0.102. The molecule has 0 radical (unpaired) electrons. The molecule has 0 aliphatic carbocycles. The molecule has 4 nitrogen and oxygen atoms in total. The van der Waals surface area contributed by atoms with E-state index in [-0.39, 0.29) is 11.3 Å². The minimum atomic E-state index is -0.645. The molecular weight excluding hydrogens is 470 g/mol. The highest BCUT2D eigenvalue weighted by atomic mass is 35.5. The molecule has 0 saturated carbocycles. The number of fused-ring (bicyclic) bond motifs is 2. The van der Waals surface area contributed by atoms with Gasteiger partial charge in [-0.3, -0.25) is 4.79 Å². The first kappa shape index (κ1) is 24.3. The van der Waals surface area contributed by atoms with Crippen LogP contribution in [0.3, 0.4) is 0 Å². The van der Waals surface area contributed by atoms with E-state index in [0.717, 1.165) is 88.3 Å². The van der Waals surface area contributed by atoms with Crippen LogP contribution < -0.4 is 4.74 Å². The van der Waals surface area contributed by atoms with E-state index in [2.05, 4.69) is 11.0 Å². The Morgan fingerprint density at radius 2 is 1.77 bits per heavy atom. The third kappa shape index (κ3) is 5.54. The number of halogens is 3. The smallest absolute Gasteiger partial charge is 0.246 e. The first-order valence-corrected chi connectivity index (χ1v) is 12.9. The largest absolute Gasteiger partial charge is 0.492 e. The van der Waals surface area contributed by atoms with Gasteiger partial charge in [-0.05, 0) is 93.6 Å². The molecule has 3 aliphatic rings. The van der Waals surface area contributed by atoms with Gasteiger partial charge in [0.15, 0.2) is 0 Å². The highest BCUT2D eigenvalue weighted by Gasteiger charge is 2.43. The van der Waals surface area contributed by atoms with Gasteiger partial charge in [0.1, 0.15) is 17.4 Å². The number of piperidine rings is 2. The molecule has 2 fully saturated rings. The Labute approximate surface area is 210 Å². The average Bonchev–Trinajstić information content (AvgIpc) is 3.19. The molecule has 0 unspecified atom stereocenters. The zero-order valence-corrected chi connectivity index (χ0v) is 20.6. The summed E-state index contributed by atoms with van der Waals surface area (Å²) in [5.41, 5.74) is 1.80. The maximum absolute atomic E-state index is 13.3. The normalized spacial score (nSPS) is 20.4. The third-order valence-electron chi connectivity index (χ3n) is 7.92. The maximum atomic E-state index is 13.3. The Bertz CT molecular complexity index is 1090. The molecule has 0 bridgehead atoms. The summed E-state index contributed by atoms with van der Waals surface area (Å²) in [5.74, 6) is 0.176. The highest BCUT2D eigenvalue weighted by Crippen LogP contribution is 2.46. The highest BCUT2D eigenvalue weighted by molar-refractivity contribution is 6.30. The van der Waals surface area contributed by atoms with Gasteiger partial charge >= 0.3 is 0 Å². The summed E-state index contributed by atoms with van der Waals surface area (Å²) in [6.07, 6.45) is 8.24. The van der Waals surface area contributed by atoms with Crippen LogP contribution >= 0.6 is 11.6 Å². The molecule has 2 aromatic rings. The number of likely N-dealkylation sites (tertiary alicyclic amines) is 2. The number of ether oxygens (including phenoxy) is 1. The van der Waals surface area contributed by atoms with E-state index >= 15 is 0 Å². The number of carbonyl (C=O) groups is 1. The van der Waals surface area contributed by atoms with E-state index in [0.29, 0.717) is 11.5 Å². The molecule has 2 aromatic carbocycles. The molecule has 1 amide bonds. The zero-order chi connectivity index (χ0) is 24.4. The summed E-state index contributed by atoms with van der Waals surface area (Å²) < 4.78 is 32.6. The monoisotopic (exact) mass is 500 g/mol. The Morgan fingerprint density at radius 3 is 2.49 bits per heavy atom. The number of rotatable bonds is 5. The van der Waals surface area contributed by atoms with Crippen molar-refractivity contribution in [2.75, 3.05) is 39.3 Å². The number of hydrogen-bond donors (Lipinski definition) is 0. The van der Waals surface area contributed by atoms with Gasteiger partial charge in [0.05, 0.1) is 6.61 Å². The minimum Gasteiger partial charge on any atom is -0.492 e. The second-order valence-electron chi connectivity index (χ2n) is 10.1. The third-order valence-corrected chi connectivity index (χ3v) is 8.15.